The molecule has 1 heterocycles. The van der Waals surface area contributed by atoms with Crippen LogP contribution in [0.15, 0.2) is 48.5 Å². The Hall–Kier alpha value is -2.82. The molecule has 0 bridgehead atoms. The van der Waals surface area contributed by atoms with Crippen molar-refractivity contribution in [2.24, 2.45) is 0 Å². The number of esters is 1. The lowest BCUT2D eigenvalue weighted by atomic mass is 10.0. The Morgan fingerprint density at radius 1 is 0.960 bits per heavy atom. The first kappa shape index (κ1) is 17.0. The van der Waals surface area contributed by atoms with Gasteiger partial charge in [0.15, 0.2) is 0 Å². The first-order valence-corrected chi connectivity index (χ1v) is 8.27. The lowest BCUT2D eigenvalue weighted by molar-refractivity contribution is 0.0599. The van der Waals surface area contributed by atoms with Gasteiger partial charge in [-0.15, -0.1) is 0 Å². The first-order valence-electron chi connectivity index (χ1n) is 8.27. The van der Waals surface area contributed by atoms with E-state index in [1.807, 2.05) is 29.2 Å². The molecular weight excluding hydrogens is 318 g/mol. The highest BCUT2D eigenvalue weighted by Gasteiger charge is 2.30. The SMILES string of the molecule is COC(=O)c1ccc(C(=O)N2CCC[C@H]2c2ccc(OC)cc2)cc1. The van der Waals surface area contributed by atoms with E-state index in [1.165, 1.54) is 7.11 Å². The third-order valence-corrected chi connectivity index (χ3v) is 4.57. The Kier molecular flexibility index (Phi) is 5.03. The van der Waals surface area contributed by atoms with Crippen LogP contribution in [0.2, 0.25) is 0 Å². The molecule has 0 unspecified atom stereocenters. The van der Waals surface area contributed by atoms with Crippen molar-refractivity contribution in [1.29, 1.82) is 0 Å². The molecule has 5 nitrogen and oxygen atoms in total. The van der Waals surface area contributed by atoms with Crippen molar-refractivity contribution < 1.29 is 19.1 Å². The third kappa shape index (κ3) is 3.50. The fraction of sp³-hybridized carbons (Fsp3) is 0.300. The van der Waals surface area contributed by atoms with Gasteiger partial charge in [0, 0.05) is 12.1 Å². The molecule has 1 saturated heterocycles. The second-order valence-corrected chi connectivity index (χ2v) is 6.00. The van der Waals surface area contributed by atoms with E-state index in [1.54, 1.807) is 31.4 Å². The zero-order valence-corrected chi connectivity index (χ0v) is 14.4. The van der Waals surface area contributed by atoms with E-state index in [9.17, 15) is 9.59 Å². The topological polar surface area (TPSA) is 55.8 Å². The number of methoxy groups -OCH3 is 2. The highest BCUT2D eigenvalue weighted by Crippen LogP contribution is 2.33. The van der Waals surface area contributed by atoms with Crippen LogP contribution in [0.4, 0.5) is 0 Å². The summed E-state index contributed by atoms with van der Waals surface area (Å²) in [6.07, 6.45) is 1.92. The summed E-state index contributed by atoms with van der Waals surface area (Å²) >= 11 is 0. The average molecular weight is 339 g/mol. The lowest BCUT2D eigenvalue weighted by Gasteiger charge is -2.25. The predicted octanol–water partition coefficient (Wildman–Crippen LogP) is 3.46. The summed E-state index contributed by atoms with van der Waals surface area (Å²) in [6.45, 7) is 0.730. The smallest absolute Gasteiger partial charge is 0.337 e. The van der Waals surface area contributed by atoms with E-state index in [-0.39, 0.29) is 11.9 Å². The molecule has 0 saturated carbocycles. The van der Waals surface area contributed by atoms with Gasteiger partial charge in [0.25, 0.3) is 5.91 Å². The minimum Gasteiger partial charge on any atom is -0.497 e. The maximum absolute atomic E-state index is 12.9. The molecule has 2 aromatic carbocycles. The normalized spacial score (nSPS) is 16.6. The summed E-state index contributed by atoms with van der Waals surface area (Å²) in [4.78, 5) is 26.3. The van der Waals surface area contributed by atoms with Crippen LogP contribution in [0.3, 0.4) is 0 Å². The van der Waals surface area contributed by atoms with Crippen LogP contribution in [0.25, 0.3) is 0 Å². The highest BCUT2D eigenvalue weighted by molar-refractivity contribution is 5.96. The molecule has 130 valence electrons. The molecule has 2 aromatic rings. The first-order chi connectivity index (χ1) is 12.1. The lowest BCUT2D eigenvalue weighted by Crippen LogP contribution is -2.30. The van der Waals surface area contributed by atoms with Crippen LogP contribution in [0.1, 0.15) is 45.2 Å². The molecule has 0 N–H and O–H groups in total. The van der Waals surface area contributed by atoms with Crippen LogP contribution in [-0.4, -0.2) is 37.5 Å². The molecule has 0 radical (unpaired) electrons. The molecule has 3 rings (SSSR count). The Morgan fingerprint density at radius 2 is 1.60 bits per heavy atom. The van der Waals surface area contributed by atoms with E-state index < -0.39 is 5.97 Å². The molecule has 1 aliphatic heterocycles. The molecule has 1 atom stereocenters. The molecule has 0 aromatic heterocycles. The second-order valence-electron chi connectivity index (χ2n) is 6.00. The van der Waals surface area contributed by atoms with Crippen LogP contribution >= 0.6 is 0 Å². The van der Waals surface area contributed by atoms with Gasteiger partial charge in [-0.25, -0.2) is 4.79 Å². The van der Waals surface area contributed by atoms with Crippen molar-refractivity contribution in [3.05, 3.63) is 65.2 Å². The number of nitrogens with zero attached hydrogens (tertiary/aromatic N) is 1. The summed E-state index contributed by atoms with van der Waals surface area (Å²) in [5.41, 5.74) is 2.12. The minimum absolute atomic E-state index is 0.0188. The summed E-state index contributed by atoms with van der Waals surface area (Å²) in [7, 11) is 2.98. The Balaban J connectivity index is 1.79. The maximum Gasteiger partial charge on any atom is 0.337 e. The van der Waals surface area contributed by atoms with Gasteiger partial charge in [-0.05, 0) is 54.8 Å². The van der Waals surface area contributed by atoms with Gasteiger partial charge < -0.3 is 14.4 Å². The van der Waals surface area contributed by atoms with Gasteiger partial charge in [-0.1, -0.05) is 12.1 Å². The van der Waals surface area contributed by atoms with Gasteiger partial charge in [0.2, 0.25) is 0 Å². The zero-order chi connectivity index (χ0) is 17.8. The molecule has 1 fully saturated rings. The van der Waals surface area contributed by atoms with Gasteiger partial charge in [-0.2, -0.15) is 0 Å². The standard InChI is InChI=1S/C20H21NO4/c1-24-17-11-9-14(10-12-17)18-4-3-13-21(18)19(22)15-5-7-16(8-6-15)20(23)25-2/h5-12,18H,3-4,13H2,1-2H3/t18-/m0/s1. The number of ether oxygens (including phenoxy) is 2. The number of benzene rings is 2. The van der Waals surface area contributed by atoms with E-state index in [2.05, 4.69) is 4.74 Å². The Bertz CT molecular complexity index is 752. The van der Waals surface area contributed by atoms with E-state index in [4.69, 9.17) is 4.74 Å². The van der Waals surface area contributed by atoms with Crippen LogP contribution < -0.4 is 4.74 Å². The average Bonchev–Trinajstić information content (AvgIpc) is 3.16. The Morgan fingerprint density at radius 3 is 2.20 bits per heavy atom. The molecule has 1 aliphatic rings. The summed E-state index contributed by atoms with van der Waals surface area (Å²) in [6, 6.07) is 14.5. The second kappa shape index (κ2) is 7.38. The molecule has 5 heteroatoms. The maximum atomic E-state index is 12.9. The van der Waals surface area contributed by atoms with Crippen molar-refractivity contribution in [1.82, 2.24) is 4.90 Å². The number of amides is 1. The number of carbonyl (C=O) groups excluding carboxylic acids is 2. The largest absolute Gasteiger partial charge is 0.497 e. The van der Waals surface area contributed by atoms with Crippen molar-refractivity contribution in [3.63, 3.8) is 0 Å². The van der Waals surface area contributed by atoms with Crippen molar-refractivity contribution in [2.75, 3.05) is 20.8 Å². The molecule has 1 amide bonds. The van der Waals surface area contributed by atoms with Crippen molar-refractivity contribution >= 4 is 11.9 Å². The van der Waals surface area contributed by atoms with Gasteiger partial charge in [0.05, 0.1) is 25.8 Å². The number of likely N-dealkylation sites (tertiary alicyclic amines) is 1. The quantitative estimate of drug-likeness (QED) is 0.801. The molecule has 25 heavy (non-hydrogen) atoms. The van der Waals surface area contributed by atoms with Crippen LogP contribution in [0.5, 0.6) is 5.75 Å². The van der Waals surface area contributed by atoms with E-state index >= 15 is 0 Å². The summed E-state index contributed by atoms with van der Waals surface area (Å²) in [5.74, 6) is 0.379. The molecular formula is C20H21NO4. The minimum atomic E-state index is -0.406. The number of rotatable bonds is 4. The summed E-state index contributed by atoms with van der Waals surface area (Å²) < 4.78 is 9.88. The molecule has 0 aliphatic carbocycles. The van der Waals surface area contributed by atoms with Crippen molar-refractivity contribution in [2.45, 2.75) is 18.9 Å². The fourth-order valence-corrected chi connectivity index (χ4v) is 3.21. The predicted molar refractivity (Wildman–Crippen MR) is 93.8 cm³/mol. The molecule has 0 spiro atoms. The van der Waals surface area contributed by atoms with Crippen LogP contribution in [-0.2, 0) is 4.74 Å². The number of hydrogen-bond acceptors (Lipinski definition) is 4. The fourth-order valence-electron chi connectivity index (χ4n) is 3.21. The van der Waals surface area contributed by atoms with Gasteiger partial charge in [0.1, 0.15) is 5.75 Å². The van der Waals surface area contributed by atoms with Crippen molar-refractivity contribution in [3.8, 4) is 5.75 Å². The Labute approximate surface area is 147 Å². The number of carbonyl (C=O) groups is 2. The van der Waals surface area contributed by atoms with E-state index in [0.29, 0.717) is 11.1 Å². The summed E-state index contributed by atoms with van der Waals surface area (Å²) in [5, 5.41) is 0. The van der Waals surface area contributed by atoms with E-state index in [0.717, 1.165) is 30.7 Å². The van der Waals surface area contributed by atoms with Gasteiger partial charge >= 0.3 is 5.97 Å². The van der Waals surface area contributed by atoms with Gasteiger partial charge in [-0.3, -0.25) is 4.79 Å². The number of hydrogen-bond donors (Lipinski definition) is 0. The zero-order valence-electron chi connectivity index (χ0n) is 14.4. The highest BCUT2D eigenvalue weighted by atomic mass is 16.5. The van der Waals surface area contributed by atoms with Crippen LogP contribution in [0, 0.1) is 0 Å². The third-order valence-electron chi connectivity index (χ3n) is 4.57. The monoisotopic (exact) mass is 339 g/mol.